The van der Waals surface area contributed by atoms with Crippen LogP contribution in [0.15, 0.2) is 0 Å². The van der Waals surface area contributed by atoms with Gasteiger partial charge in [0, 0.05) is 11.1 Å². The molecule has 1 aromatic rings. The summed E-state index contributed by atoms with van der Waals surface area (Å²) in [5, 5.41) is 19.7. The van der Waals surface area contributed by atoms with E-state index in [1.807, 2.05) is 20.8 Å². The largest absolute Gasteiger partial charge is 0.504 e. The summed E-state index contributed by atoms with van der Waals surface area (Å²) >= 11 is 0. The Kier molecular flexibility index (Phi) is 2.30. The summed E-state index contributed by atoms with van der Waals surface area (Å²) < 4.78 is 5.90. The molecule has 2 N–H and O–H groups in total. The molecule has 0 saturated heterocycles. The summed E-state index contributed by atoms with van der Waals surface area (Å²) in [5.41, 5.74) is 2.14. The van der Waals surface area contributed by atoms with Crippen molar-refractivity contribution in [3.63, 3.8) is 0 Å². The summed E-state index contributed by atoms with van der Waals surface area (Å²) in [6.45, 7) is 7.77. The lowest BCUT2D eigenvalue weighted by molar-refractivity contribution is 0.0823. The van der Waals surface area contributed by atoms with Gasteiger partial charge in [0.1, 0.15) is 11.4 Å². The van der Waals surface area contributed by atoms with Gasteiger partial charge in [-0.05, 0) is 46.1 Å². The van der Waals surface area contributed by atoms with Crippen LogP contribution < -0.4 is 4.74 Å². The zero-order valence-electron chi connectivity index (χ0n) is 10.2. The number of benzene rings is 1. The molecule has 1 heterocycles. The quantitative estimate of drug-likeness (QED) is 0.664. The van der Waals surface area contributed by atoms with Gasteiger partial charge in [0.15, 0.2) is 11.5 Å². The van der Waals surface area contributed by atoms with Gasteiger partial charge in [-0.25, -0.2) is 0 Å². The van der Waals surface area contributed by atoms with Gasteiger partial charge in [0.2, 0.25) is 0 Å². The predicted molar refractivity (Wildman–Crippen MR) is 62.3 cm³/mol. The molecule has 0 amide bonds. The molecule has 1 aliphatic rings. The molecule has 0 spiro atoms. The van der Waals surface area contributed by atoms with Crippen molar-refractivity contribution in [1.82, 2.24) is 0 Å². The SMILES string of the molecule is Cc1c(C)c2c(c(O)c1O)CCC(C)(C)O2. The van der Waals surface area contributed by atoms with Gasteiger partial charge in [-0.15, -0.1) is 0 Å². The van der Waals surface area contributed by atoms with E-state index in [4.69, 9.17) is 4.74 Å². The second-order valence-electron chi connectivity index (χ2n) is 5.12. The van der Waals surface area contributed by atoms with E-state index in [9.17, 15) is 10.2 Å². The van der Waals surface area contributed by atoms with E-state index >= 15 is 0 Å². The Morgan fingerprint density at radius 1 is 1.06 bits per heavy atom. The lowest BCUT2D eigenvalue weighted by Gasteiger charge is -2.34. The first-order chi connectivity index (χ1) is 7.33. The van der Waals surface area contributed by atoms with Crippen LogP contribution in [0.4, 0.5) is 0 Å². The summed E-state index contributed by atoms with van der Waals surface area (Å²) in [7, 11) is 0. The molecule has 0 atom stereocenters. The Hall–Kier alpha value is -1.38. The molecule has 0 aromatic heterocycles. The molecular weight excluding hydrogens is 204 g/mol. The molecule has 16 heavy (non-hydrogen) atoms. The Labute approximate surface area is 95.7 Å². The second kappa shape index (κ2) is 3.30. The Bertz CT molecular complexity index is 447. The van der Waals surface area contributed by atoms with Gasteiger partial charge in [-0.2, -0.15) is 0 Å². The molecule has 0 aliphatic carbocycles. The lowest BCUT2D eigenvalue weighted by Crippen LogP contribution is -2.33. The van der Waals surface area contributed by atoms with Crippen molar-refractivity contribution in [2.75, 3.05) is 0 Å². The average Bonchev–Trinajstić information content (AvgIpc) is 2.22. The van der Waals surface area contributed by atoms with Crippen LogP contribution in [0.2, 0.25) is 0 Å². The minimum atomic E-state index is -0.201. The van der Waals surface area contributed by atoms with Crippen LogP contribution in [0.1, 0.15) is 37.0 Å². The predicted octanol–water partition coefficient (Wildman–Crippen LogP) is 2.82. The third-order valence-electron chi connectivity index (χ3n) is 3.40. The Morgan fingerprint density at radius 2 is 1.69 bits per heavy atom. The molecule has 0 bridgehead atoms. The number of fused-ring (bicyclic) bond motifs is 1. The van der Waals surface area contributed by atoms with Crippen molar-refractivity contribution in [1.29, 1.82) is 0 Å². The third kappa shape index (κ3) is 1.51. The van der Waals surface area contributed by atoms with Gasteiger partial charge in [-0.3, -0.25) is 0 Å². The van der Waals surface area contributed by atoms with E-state index in [0.29, 0.717) is 5.56 Å². The highest BCUT2D eigenvalue weighted by molar-refractivity contribution is 5.61. The first-order valence-electron chi connectivity index (χ1n) is 5.56. The highest BCUT2D eigenvalue weighted by Crippen LogP contribution is 2.46. The van der Waals surface area contributed by atoms with Crippen LogP contribution in [-0.4, -0.2) is 15.8 Å². The van der Waals surface area contributed by atoms with Gasteiger partial charge >= 0.3 is 0 Å². The fourth-order valence-corrected chi connectivity index (χ4v) is 2.13. The normalized spacial score (nSPS) is 17.8. The van der Waals surface area contributed by atoms with Gasteiger partial charge in [0.25, 0.3) is 0 Å². The molecule has 0 unspecified atom stereocenters. The van der Waals surface area contributed by atoms with Crippen molar-refractivity contribution in [2.45, 2.75) is 46.1 Å². The number of ether oxygens (including phenoxy) is 1. The molecule has 2 rings (SSSR count). The summed E-state index contributed by atoms with van der Waals surface area (Å²) in [6.07, 6.45) is 1.58. The fraction of sp³-hybridized carbons (Fsp3) is 0.538. The summed E-state index contributed by atoms with van der Waals surface area (Å²) in [4.78, 5) is 0. The maximum Gasteiger partial charge on any atom is 0.164 e. The first kappa shape index (κ1) is 11.1. The first-order valence-corrected chi connectivity index (χ1v) is 5.56. The van der Waals surface area contributed by atoms with Crippen LogP contribution in [0, 0.1) is 13.8 Å². The fourth-order valence-electron chi connectivity index (χ4n) is 2.13. The monoisotopic (exact) mass is 222 g/mol. The van der Waals surface area contributed by atoms with Gasteiger partial charge in [-0.1, -0.05) is 0 Å². The van der Waals surface area contributed by atoms with Gasteiger partial charge in [0.05, 0.1) is 0 Å². The number of hydrogen-bond acceptors (Lipinski definition) is 3. The number of rotatable bonds is 0. The summed E-state index contributed by atoms with van der Waals surface area (Å²) in [6, 6.07) is 0. The highest BCUT2D eigenvalue weighted by atomic mass is 16.5. The number of hydrogen-bond donors (Lipinski definition) is 2. The van der Waals surface area contributed by atoms with Crippen LogP contribution in [-0.2, 0) is 6.42 Å². The van der Waals surface area contributed by atoms with E-state index in [-0.39, 0.29) is 17.1 Å². The topological polar surface area (TPSA) is 49.7 Å². The van der Waals surface area contributed by atoms with Crippen LogP contribution >= 0.6 is 0 Å². The van der Waals surface area contributed by atoms with Gasteiger partial charge < -0.3 is 14.9 Å². The van der Waals surface area contributed by atoms with E-state index in [1.165, 1.54) is 0 Å². The van der Waals surface area contributed by atoms with E-state index in [2.05, 4.69) is 0 Å². The molecule has 3 heteroatoms. The molecule has 1 aromatic carbocycles. The van der Waals surface area contributed by atoms with Crippen molar-refractivity contribution in [2.24, 2.45) is 0 Å². The number of phenols is 2. The van der Waals surface area contributed by atoms with Crippen LogP contribution in [0.25, 0.3) is 0 Å². The van der Waals surface area contributed by atoms with Crippen molar-refractivity contribution in [3.05, 3.63) is 16.7 Å². The second-order valence-corrected chi connectivity index (χ2v) is 5.12. The lowest BCUT2D eigenvalue weighted by atomic mass is 9.90. The number of aromatic hydroxyl groups is 2. The summed E-state index contributed by atoms with van der Waals surface area (Å²) in [5.74, 6) is 0.706. The van der Waals surface area contributed by atoms with Crippen molar-refractivity contribution in [3.8, 4) is 17.2 Å². The molecule has 3 nitrogen and oxygen atoms in total. The van der Waals surface area contributed by atoms with Crippen LogP contribution in [0.5, 0.6) is 17.2 Å². The maximum atomic E-state index is 9.89. The zero-order valence-corrected chi connectivity index (χ0v) is 10.2. The highest BCUT2D eigenvalue weighted by Gasteiger charge is 2.31. The maximum absolute atomic E-state index is 9.89. The molecule has 1 aliphatic heterocycles. The zero-order chi connectivity index (χ0) is 12.1. The smallest absolute Gasteiger partial charge is 0.164 e. The van der Waals surface area contributed by atoms with E-state index in [1.54, 1.807) is 6.92 Å². The molecular formula is C13H18O3. The van der Waals surface area contributed by atoms with Crippen molar-refractivity contribution >= 4 is 0 Å². The Balaban J connectivity index is 2.65. The minimum Gasteiger partial charge on any atom is -0.504 e. The van der Waals surface area contributed by atoms with Crippen molar-refractivity contribution < 1.29 is 14.9 Å². The molecule has 0 saturated carbocycles. The minimum absolute atomic E-state index is 0.0143. The molecule has 0 fully saturated rings. The average molecular weight is 222 g/mol. The third-order valence-corrected chi connectivity index (χ3v) is 3.40. The molecule has 0 radical (unpaired) electrons. The van der Waals surface area contributed by atoms with E-state index in [0.717, 1.165) is 29.7 Å². The number of phenolic OH excluding ortho intramolecular Hbond substituents is 2. The van der Waals surface area contributed by atoms with Crippen LogP contribution in [0.3, 0.4) is 0 Å². The molecule has 88 valence electrons. The van der Waals surface area contributed by atoms with E-state index < -0.39 is 0 Å². The standard InChI is InChI=1S/C13H18O3/c1-7-8(2)12-9(11(15)10(7)14)5-6-13(3,4)16-12/h14-15H,5-6H2,1-4H3. The Morgan fingerprint density at radius 3 is 2.31 bits per heavy atom.